The van der Waals surface area contributed by atoms with Crippen LogP contribution in [0.4, 0.5) is 0 Å². The van der Waals surface area contributed by atoms with Gasteiger partial charge in [-0.25, -0.2) is 0 Å². The second-order valence-electron chi connectivity index (χ2n) is 4.30. The quantitative estimate of drug-likeness (QED) is 0.317. The lowest BCUT2D eigenvalue weighted by Gasteiger charge is -2.12. The van der Waals surface area contributed by atoms with Crippen LogP contribution < -0.4 is 11.1 Å². The zero-order chi connectivity index (χ0) is 13.5. The Balaban J connectivity index is 2.42. The molecule has 0 aromatic heterocycles. The van der Waals surface area contributed by atoms with Crippen molar-refractivity contribution in [3.8, 4) is 0 Å². The molecule has 98 valence electrons. The average Bonchev–Trinajstić information content (AvgIpc) is 2.35. The highest BCUT2D eigenvalue weighted by Gasteiger charge is 2.11. The first kappa shape index (κ1) is 14.0. The number of aryl methyl sites for hydroxylation is 2. The fourth-order valence-electron chi connectivity index (χ4n) is 1.60. The number of amides is 1. The second kappa shape index (κ2) is 6.64. The highest BCUT2D eigenvalue weighted by molar-refractivity contribution is 5.89. The van der Waals surface area contributed by atoms with Gasteiger partial charge in [-0.3, -0.25) is 4.79 Å². The number of hydrogen-bond donors (Lipinski definition) is 3. The fraction of sp³-hybridized carbons (Fsp3) is 0.385. The summed E-state index contributed by atoms with van der Waals surface area (Å²) < 4.78 is 0. The van der Waals surface area contributed by atoms with Crippen molar-refractivity contribution in [3.63, 3.8) is 0 Å². The Kier molecular flexibility index (Phi) is 5.17. The van der Waals surface area contributed by atoms with E-state index in [1.807, 2.05) is 25.1 Å². The van der Waals surface area contributed by atoms with E-state index in [1.165, 1.54) is 5.56 Å². The third kappa shape index (κ3) is 4.45. The fourth-order valence-corrected chi connectivity index (χ4v) is 1.60. The van der Waals surface area contributed by atoms with E-state index in [1.54, 1.807) is 6.92 Å². The van der Waals surface area contributed by atoms with Crippen molar-refractivity contribution in [1.82, 2.24) is 5.32 Å². The number of rotatable bonds is 5. The maximum Gasteiger partial charge on any atom is 0.220 e. The minimum absolute atomic E-state index is 0.00101. The number of benzene rings is 1. The van der Waals surface area contributed by atoms with Crippen molar-refractivity contribution in [2.24, 2.45) is 10.9 Å². The van der Waals surface area contributed by atoms with Crippen LogP contribution in [0.3, 0.4) is 0 Å². The Labute approximate surface area is 107 Å². The first-order valence-electron chi connectivity index (χ1n) is 5.85. The van der Waals surface area contributed by atoms with Gasteiger partial charge < -0.3 is 16.3 Å². The van der Waals surface area contributed by atoms with Crippen LogP contribution in [0.25, 0.3) is 0 Å². The highest BCUT2D eigenvalue weighted by atomic mass is 16.4. The lowest BCUT2D eigenvalue weighted by atomic mass is 10.1. The van der Waals surface area contributed by atoms with Crippen molar-refractivity contribution in [1.29, 1.82) is 0 Å². The molecule has 1 aromatic carbocycles. The molecule has 0 aliphatic rings. The van der Waals surface area contributed by atoms with Crippen LogP contribution in [-0.2, 0) is 11.2 Å². The third-order valence-corrected chi connectivity index (χ3v) is 2.66. The predicted octanol–water partition coefficient (Wildman–Crippen LogP) is 1.18. The molecule has 0 saturated heterocycles. The molecule has 0 aliphatic carbocycles. The molecule has 0 heterocycles. The van der Waals surface area contributed by atoms with E-state index < -0.39 is 6.04 Å². The van der Waals surface area contributed by atoms with E-state index in [0.717, 1.165) is 5.56 Å². The normalized spacial score (nSPS) is 13.1. The first-order valence-corrected chi connectivity index (χ1v) is 5.85. The average molecular weight is 249 g/mol. The van der Waals surface area contributed by atoms with Crippen LogP contribution in [0.2, 0.25) is 0 Å². The molecule has 1 aromatic rings. The molecule has 1 amide bonds. The molecule has 5 nitrogen and oxygen atoms in total. The van der Waals surface area contributed by atoms with E-state index >= 15 is 0 Å². The van der Waals surface area contributed by atoms with Gasteiger partial charge in [0.1, 0.15) is 0 Å². The monoisotopic (exact) mass is 249 g/mol. The molecule has 1 unspecified atom stereocenters. The van der Waals surface area contributed by atoms with Gasteiger partial charge in [0.25, 0.3) is 0 Å². The topological polar surface area (TPSA) is 87.7 Å². The van der Waals surface area contributed by atoms with Gasteiger partial charge in [0.05, 0.1) is 6.04 Å². The van der Waals surface area contributed by atoms with Crippen LogP contribution in [0.5, 0.6) is 0 Å². The molecule has 4 N–H and O–H groups in total. The van der Waals surface area contributed by atoms with Gasteiger partial charge >= 0.3 is 0 Å². The molecule has 0 radical (unpaired) electrons. The van der Waals surface area contributed by atoms with Gasteiger partial charge in [0.2, 0.25) is 5.91 Å². The number of nitrogens with one attached hydrogen (secondary N) is 1. The Morgan fingerprint density at radius 3 is 2.89 bits per heavy atom. The zero-order valence-corrected chi connectivity index (χ0v) is 10.7. The number of amidine groups is 1. The molecule has 0 aliphatic heterocycles. The minimum Gasteiger partial charge on any atom is -0.409 e. The molecule has 1 rings (SSSR count). The first-order chi connectivity index (χ1) is 8.52. The zero-order valence-electron chi connectivity index (χ0n) is 10.7. The van der Waals surface area contributed by atoms with E-state index in [4.69, 9.17) is 10.9 Å². The summed E-state index contributed by atoms with van der Waals surface area (Å²) in [4.78, 5) is 11.6. The number of nitrogens with zero attached hydrogens (tertiary/aromatic N) is 1. The smallest absolute Gasteiger partial charge is 0.220 e. The summed E-state index contributed by atoms with van der Waals surface area (Å²) in [6.45, 7) is 3.68. The number of nitrogens with two attached hydrogens (primary N) is 1. The molecule has 18 heavy (non-hydrogen) atoms. The third-order valence-electron chi connectivity index (χ3n) is 2.66. The van der Waals surface area contributed by atoms with Crippen LogP contribution in [0.1, 0.15) is 24.5 Å². The van der Waals surface area contributed by atoms with Crippen LogP contribution in [-0.4, -0.2) is 23.0 Å². The molecule has 0 spiro atoms. The van der Waals surface area contributed by atoms with E-state index in [2.05, 4.69) is 16.5 Å². The summed E-state index contributed by atoms with van der Waals surface area (Å²) in [5.41, 5.74) is 7.68. The van der Waals surface area contributed by atoms with Crippen molar-refractivity contribution in [2.75, 3.05) is 0 Å². The van der Waals surface area contributed by atoms with Gasteiger partial charge in [-0.2, -0.15) is 0 Å². The standard InChI is InChI=1S/C13H19N3O2/c1-9-4-3-5-11(8-9)6-7-12(17)15-10(2)13(14)16-18/h3-5,8,10,18H,6-7H2,1-2H3,(H2,14,16)(H,15,17). The minimum atomic E-state index is -0.458. The summed E-state index contributed by atoms with van der Waals surface area (Å²) >= 11 is 0. The summed E-state index contributed by atoms with van der Waals surface area (Å²) in [6.07, 6.45) is 1.06. The van der Waals surface area contributed by atoms with Gasteiger partial charge in [0.15, 0.2) is 5.84 Å². The predicted molar refractivity (Wildman–Crippen MR) is 70.5 cm³/mol. The van der Waals surface area contributed by atoms with E-state index in [9.17, 15) is 4.79 Å². The maximum atomic E-state index is 11.6. The summed E-state index contributed by atoms with van der Waals surface area (Å²) in [5.74, 6) is -0.116. The number of oxime groups is 1. The van der Waals surface area contributed by atoms with Gasteiger partial charge in [-0.05, 0) is 25.8 Å². The lowest BCUT2D eigenvalue weighted by molar-refractivity contribution is -0.121. The Morgan fingerprint density at radius 1 is 1.56 bits per heavy atom. The van der Waals surface area contributed by atoms with Gasteiger partial charge in [-0.1, -0.05) is 35.0 Å². The Bertz CT molecular complexity index is 444. The summed E-state index contributed by atoms with van der Waals surface area (Å²) in [6, 6.07) is 7.58. The van der Waals surface area contributed by atoms with Gasteiger partial charge in [0, 0.05) is 6.42 Å². The highest BCUT2D eigenvalue weighted by Crippen LogP contribution is 2.06. The SMILES string of the molecule is Cc1cccc(CCC(=O)NC(C)C(N)=NO)c1. The van der Waals surface area contributed by atoms with Gasteiger partial charge in [-0.15, -0.1) is 0 Å². The molecular weight excluding hydrogens is 230 g/mol. The number of carbonyl (C=O) groups is 1. The molecule has 1 atom stereocenters. The lowest BCUT2D eigenvalue weighted by Crippen LogP contribution is -2.42. The Morgan fingerprint density at radius 2 is 2.28 bits per heavy atom. The van der Waals surface area contributed by atoms with Crippen LogP contribution in [0.15, 0.2) is 29.4 Å². The molecule has 0 fully saturated rings. The molecule has 0 bridgehead atoms. The largest absolute Gasteiger partial charge is 0.409 e. The Hall–Kier alpha value is -2.04. The van der Waals surface area contributed by atoms with Crippen molar-refractivity contribution in [3.05, 3.63) is 35.4 Å². The van der Waals surface area contributed by atoms with Crippen molar-refractivity contribution in [2.45, 2.75) is 32.7 Å². The van der Waals surface area contributed by atoms with Crippen LogP contribution in [0, 0.1) is 6.92 Å². The maximum absolute atomic E-state index is 11.6. The van der Waals surface area contributed by atoms with Crippen molar-refractivity contribution < 1.29 is 10.0 Å². The summed E-state index contributed by atoms with van der Waals surface area (Å²) in [7, 11) is 0. The van der Waals surface area contributed by atoms with Crippen LogP contribution >= 0.6 is 0 Å². The van der Waals surface area contributed by atoms with Crippen molar-refractivity contribution >= 4 is 11.7 Å². The summed E-state index contributed by atoms with van der Waals surface area (Å²) in [5, 5.41) is 14.0. The molecule has 5 heteroatoms. The van der Waals surface area contributed by atoms with E-state index in [-0.39, 0.29) is 11.7 Å². The molecular formula is C13H19N3O2. The number of carbonyl (C=O) groups excluding carboxylic acids is 1. The molecule has 0 saturated carbocycles. The number of hydrogen-bond acceptors (Lipinski definition) is 3. The van der Waals surface area contributed by atoms with E-state index in [0.29, 0.717) is 12.8 Å². The second-order valence-corrected chi connectivity index (χ2v) is 4.30.